The Labute approximate surface area is 117 Å². The van der Waals surface area contributed by atoms with Crippen LogP contribution in [0.1, 0.15) is 51.0 Å². The van der Waals surface area contributed by atoms with Crippen LogP contribution < -0.4 is 5.32 Å². The third-order valence-corrected chi connectivity index (χ3v) is 5.91. The zero-order valence-corrected chi connectivity index (χ0v) is 13.3. The highest BCUT2D eigenvalue weighted by molar-refractivity contribution is 9.11. The number of halogens is 1. The van der Waals surface area contributed by atoms with Crippen molar-refractivity contribution >= 4 is 27.3 Å². The Hall–Kier alpha value is 0.140. The summed E-state index contributed by atoms with van der Waals surface area (Å²) in [4.78, 5) is 1.43. The van der Waals surface area contributed by atoms with E-state index in [1.165, 1.54) is 27.9 Å². The first-order valence-corrected chi connectivity index (χ1v) is 8.18. The van der Waals surface area contributed by atoms with Crippen LogP contribution in [-0.4, -0.2) is 6.04 Å². The number of rotatable bonds is 3. The van der Waals surface area contributed by atoms with Crippen LogP contribution in [0.4, 0.5) is 0 Å². The fraction of sp³-hybridized carbons (Fsp3) is 0.714. The number of thiophene rings is 1. The van der Waals surface area contributed by atoms with Gasteiger partial charge in [-0.1, -0.05) is 13.8 Å². The van der Waals surface area contributed by atoms with Crippen molar-refractivity contribution < 1.29 is 0 Å². The van der Waals surface area contributed by atoms with Crippen molar-refractivity contribution in [2.24, 2.45) is 11.8 Å². The molecule has 17 heavy (non-hydrogen) atoms. The van der Waals surface area contributed by atoms with Gasteiger partial charge in [0, 0.05) is 17.0 Å². The predicted molar refractivity (Wildman–Crippen MR) is 79.5 cm³/mol. The second kappa shape index (κ2) is 5.85. The summed E-state index contributed by atoms with van der Waals surface area (Å²) < 4.78 is 1.23. The van der Waals surface area contributed by atoms with Gasteiger partial charge in [0.25, 0.3) is 0 Å². The summed E-state index contributed by atoms with van der Waals surface area (Å²) in [6.07, 6.45) is 4.04. The molecule has 2 rings (SSSR count). The zero-order valence-electron chi connectivity index (χ0n) is 10.9. The molecular weight excluding hydrogens is 294 g/mol. The predicted octanol–water partition coefficient (Wildman–Crippen LogP) is 4.99. The first-order chi connectivity index (χ1) is 8.06. The smallest absolute Gasteiger partial charge is 0.0701 e. The van der Waals surface area contributed by atoms with Gasteiger partial charge in [-0.3, -0.25) is 0 Å². The summed E-state index contributed by atoms with van der Waals surface area (Å²) in [5, 5.41) is 3.79. The standard InChI is InChI=1S/C14H22BrNS/c1-9-4-5-12(8-10(9)2)16-11(3)13-6-7-14(15)17-13/h6-7,9-12,16H,4-5,8H2,1-3H3. The van der Waals surface area contributed by atoms with Gasteiger partial charge in [0.15, 0.2) is 0 Å². The maximum atomic E-state index is 3.79. The zero-order chi connectivity index (χ0) is 12.4. The maximum Gasteiger partial charge on any atom is 0.0701 e. The second-order valence-corrected chi connectivity index (χ2v) is 7.99. The molecule has 1 aromatic rings. The Morgan fingerprint density at radius 1 is 1.29 bits per heavy atom. The normalized spacial score (nSPS) is 31.4. The van der Waals surface area contributed by atoms with Gasteiger partial charge in [-0.15, -0.1) is 11.3 Å². The Morgan fingerprint density at radius 3 is 2.65 bits per heavy atom. The van der Waals surface area contributed by atoms with Crippen LogP contribution in [0.5, 0.6) is 0 Å². The molecule has 0 amide bonds. The van der Waals surface area contributed by atoms with Crippen molar-refractivity contribution in [1.82, 2.24) is 5.32 Å². The monoisotopic (exact) mass is 315 g/mol. The average molecular weight is 316 g/mol. The van der Waals surface area contributed by atoms with Crippen LogP contribution in [0.2, 0.25) is 0 Å². The molecule has 0 radical (unpaired) electrons. The van der Waals surface area contributed by atoms with Crippen LogP contribution in [0.25, 0.3) is 0 Å². The van der Waals surface area contributed by atoms with E-state index in [1.54, 1.807) is 0 Å². The minimum Gasteiger partial charge on any atom is -0.307 e. The molecule has 1 N–H and O–H groups in total. The molecule has 1 heterocycles. The van der Waals surface area contributed by atoms with E-state index in [1.807, 2.05) is 11.3 Å². The fourth-order valence-corrected chi connectivity index (χ4v) is 4.13. The quantitative estimate of drug-likeness (QED) is 0.829. The van der Waals surface area contributed by atoms with Gasteiger partial charge in [0.1, 0.15) is 0 Å². The van der Waals surface area contributed by atoms with Gasteiger partial charge in [0.05, 0.1) is 3.79 Å². The van der Waals surface area contributed by atoms with Gasteiger partial charge in [-0.05, 0) is 66.1 Å². The van der Waals surface area contributed by atoms with Gasteiger partial charge < -0.3 is 5.32 Å². The van der Waals surface area contributed by atoms with Crippen LogP contribution in [0.3, 0.4) is 0 Å². The fourth-order valence-electron chi connectivity index (χ4n) is 2.70. The molecule has 1 aromatic heterocycles. The number of nitrogens with one attached hydrogen (secondary N) is 1. The van der Waals surface area contributed by atoms with Gasteiger partial charge in [-0.2, -0.15) is 0 Å². The SMILES string of the molecule is CC(NC1CCC(C)C(C)C1)c1ccc(Br)s1. The average Bonchev–Trinajstić information content (AvgIpc) is 2.70. The Balaban J connectivity index is 1.89. The Morgan fingerprint density at radius 2 is 2.06 bits per heavy atom. The second-order valence-electron chi connectivity index (χ2n) is 5.49. The minimum absolute atomic E-state index is 0.483. The molecular formula is C14H22BrNS. The van der Waals surface area contributed by atoms with Gasteiger partial charge in [-0.25, -0.2) is 0 Å². The lowest BCUT2D eigenvalue weighted by molar-refractivity contribution is 0.218. The lowest BCUT2D eigenvalue weighted by Crippen LogP contribution is -2.37. The summed E-state index contributed by atoms with van der Waals surface area (Å²) in [5.41, 5.74) is 0. The molecule has 0 bridgehead atoms. The molecule has 0 aliphatic heterocycles. The highest BCUT2D eigenvalue weighted by Crippen LogP contribution is 2.32. The van der Waals surface area contributed by atoms with E-state index in [9.17, 15) is 0 Å². The molecule has 0 aromatic carbocycles. The summed E-state index contributed by atoms with van der Waals surface area (Å²) in [6, 6.07) is 5.55. The maximum absolute atomic E-state index is 3.79. The molecule has 4 unspecified atom stereocenters. The number of hydrogen-bond donors (Lipinski definition) is 1. The highest BCUT2D eigenvalue weighted by Gasteiger charge is 2.25. The molecule has 96 valence electrons. The summed E-state index contributed by atoms with van der Waals surface area (Å²) in [7, 11) is 0. The minimum atomic E-state index is 0.483. The molecule has 1 aliphatic rings. The molecule has 1 nitrogen and oxygen atoms in total. The largest absolute Gasteiger partial charge is 0.307 e. The summed E-state index contributed by atoms with van der Waals surface area (Å²) in [6.45, 7) is 7.06. The molecule has 3 heteroatoms. The van der Waals surface area contributed by atoms with E-state index >= 15 is 0 Å². The van der Waals surface area contributed by atoms with E-state index in [4.69, 9.17) is 0 Å². The summed E-state index contributed by atoms with van der Waals surface area (Å²) in [5.74, 6) is 1.77. The first-order valence-electron chi connectivity index (χ1n) is 6.57. The Bertz CT molecular complexity index is 363. The van der Waals surface area contributed by atoms with Crippen molar-refractivity contribution in [3.8, 4) is 0 Å². The summed E-state index contributed by atoms with van der Waals surface area (Å²) >= 11 is 5.37. The van der Waals surface area contributed by atoms with Crippen molar-refractivity contribution in [2.45, 2.75) is 52.1 Å². The third-order valence-electron chi connectivity index (χ3n) is 4.10. The molecule has 1 saturated carbocycles. The van der Waals surface area contributed by atoms with Crippen LogP contribution in [0.15, 0.2) is 15.9 Å². The van der Waals surface area contributed by atoms with Crippen LogP contribution in [0, 0.1) is 11.8 Å². The molecule has 0 spiro atoms. The van der Waals surface area contributed by atoms with Crippen molar-refractivity contribution in [3.63, 3.8) is 0 Å². The van der Waals surface area contributed by atoms with E-state index in [0.717, 1.165) is 11.8 Å². The van der Waals surface area contributed by atoms with E-state index in [0.29, 0.717) is 12.1 Å². The molecule has 1 aliphatic carbocycles. The van der Waals surface area contributed by atoms with Crippen molar-refractivity contribution in [1.29, 1.82) is 0 Å². The first kappa shape index (κ1) is 13.6. The highest BCUT2D eigenvalue weighted by atomic mass is 79.9. The number of hydrogen-bond acceptors (Lipinski definition) is 2. The van der Waals surface area contributed by atoms with Gasteiger partial charge in [0.2, 0.25) is 0 Å². The molecule has 0 saturated heterocycles. The van der Waals surface area contributed by atoms with E-state index in [-0.39, 0.29) is 0 Å². The third kappa shape index (κ3) is 3.55. The molecule has 1 fully saturated rings. The van der Waals surface area contributed by atoms with Crippen molar-refractivity contribution in [3.05, 3.63) is 20.8 Å². The van der Waals surface area contributed by atoms with E-state index in [2.05, 4.69) is 54.2 Å². The van der Waals surface area contributed by atoms with Crippen molar-refractivity contribution in [2.75, 3.05) is 0 Å². The van der Waals surface area contributed by atoms with Gasteiger partial charge >= 0.3 is 0 Å². The van der Waals surface area contributed by atoms with Crippen LogP contribution >= 0.6 is 27.3 Å². The lowest BCUT2D eigenvalue weighted by Gasteiger charge is -2.34. The van der Waals surface area contributed by atoms with E-state index < -0.39 is 0 Å². The van der Waals surface area contributed by atoms with Crippen LogP contribution in [-0.2, 0) is 0 Å². The topological polar surface area (TPSA) is 12.0 Å². The molecule has 4 atom stereocenters. The lowest BCUT2D eigenvalue weighted by atomic mass is 9.79. The Kier molecular flexibility index (Phi) is 4.67.